The normalized spacial score (nSPS) is 16.2. The molecule has 0 N–H and O–H groups in total. The Morgan fingerprint density at radius 2 is 2.06 bits per heavy atom. The fourth-order valence-corrected chi connectivity index (χ4v) is 2.92. The Labute approximate surface area is 115 Å². The maximum Gasteiger partial charge on any atom is 0.128 e. The van der Waals surface area contributed by atoms with Crippen LogP contribution in [0, 0.1) is 5.92 Å². The molecule has 0 aromatic carbocycles. The Morgan fingerprint density at radius 1 is 1.33 bits per heavy atom. The van der Waals surface area contributed by atoms with Gasteiger partial charge in [0.2, 0.25) is 0 Å². The van der Waals surface area contributed by atoms with E-state index in [1.54, 1.807) is 0 Å². The summed E-state index contributed by atoms with van der Waals surface area (Å²) in [5, 5.41) is 0. The lowest BCUT2D eigenvalue weighted by Crippen LogP contribution is -2.25. The Bertz CT molecular complexity index is 364. The highest BCUT2D eigenvalue weighted by molar-refractivity contribution is 6.17. The third-order valence-electron chi connectivity index (χ3n) is 3.84. The van der Waals surface area contributed by atoms with Crippen molar-refractivity contribution >= 4 is 17.4 Å². The summed E-state index contributed by atoms with van der Waals surface area (Å²) in [6.07, 6.45) is 6.51. The minimum absolute atomic E-state index is 0.569. The van der Waals surface area contributed by atoms with Crippen LogP contribution in [0.5, 0.6) is 0 Å². The van der Waals surface area contributed by atoms with Gasteiger partial charge in [-0.25, -0.2) is 4.98 Å². The van der Waals surface area contributed by atoms with Gasteiger partial charge >= 0.3 is 0 Å². The molecule has 2 nitrogen and oxygen atoms in total. The molecule has 0 saturated heterocycles. The molecule has 1 aromatic rings. The fraction of sp³-hybridized carbons (Fsp3) is 0.667. The summed E-state index contributed by atoms with van der Waals surface area (Å²) >= 11 is 5.96. The van der Waals surface area contributed by atoms with Gasteiger partial charge in [0, 0.05) is 25.2 Å². The molecule has 0 unspecified atom stereocenters. The quantitative estimate of drug-likeness (QED) is 0.749. The molecule has 1 fully saturated rings. The van der Waals surface area contributed by atoms with Crippen molar-refractivity contribution in [2.75, 3.05) is 18.5 Å². The number of anilines is 1. The minimum Gasteiger partial charge on any atom is -0.359 e. The van der Waals surface area contributed by atoms with E-state index in [0.717, 1.165) is 30.4 Å². The average Bonchev–Trinajstić information content (AvgIpc) is 2.90. The number of hydrogen-bond acceptors (Lipinski definition) is 2. The summed E-state index contributed by atoms with van der Waals surface area (Å²) in [4.78, 5) is 7.01. The van der Waals surface area contributed by atoms with Crippen molar-refractivity contribution in [3.63, 3.8) is 0 Å². The van der Waals surface area contributed by atoms with Crippen molar-refractivity contribution in [1.82, 2.24) is 4.98 Å². The van der Waals surface area contributed by atoms with Crippen molar-refractivity contribution in [1.29, 1.82) is 0 Å². The van der Waals surface area contributed by atoms with Gasteiger partial charge in [-0.3, -0.25) is 0 Å². The standard InChI is InChI=1S/C15H23ClN2/c1-3-14-8-13(10-16)9-15(17-14)18(2)11-12-6-4-5-7-12/h8-9,12H,3-7,10-11H2,1-2H3. The summed E-state index contributed by atoms with van der Waals surface area (Å²) in [6, 6.07) is 4.24. The van der Waals surface area contributed by atoms with Gasteiger partial charge in [-0.2, -0.15) is 0 Å². The van der Waals surface area contributed by atoms with Crippen molar-refractivity contribution in [2.45, 2.75) is 44.9 Å². The Hall–Kier alpha value is -0.760. The first kappa shape index (κ1) is 13.7. The lowest BCUT2D eigenvalue weighted by molar-refractivity contribution is 0.544. The van der Waals surface area contributed by atoms with Crippen LogP contribution in [-0.2, 0) is 12.3 Å². The van der Waals surface area contributed by atoms with Crippen LogP contribution in [0.3, 0.4) is 0 Å². The summed E-state index contributed by atoms with van der Waals surface area (Å²) in [5.41, 5.74) is 2.32. The summed E-state index contributed by atoms with van der Waals surface area (Å²) in [6.45, 7) is 3.27. The van der Waals surface area contributed by atoms with Crippen molar-refractivity contribution in [3.05, 3.63) is 23.4 Å². The second-order valence-electron chi connectivity index (χ2n) is 5.34. The minimum atomic E-state index is 0.569. The number of hydrogen-bond donors (Lipinski definition) is 0. The van der Waals surface area contributed by atoms with Gasteiger partial charge in [-0.15, -0.1) is 11.6 Å². The topological polar surface area (TPSA) is 16.1 Å². The lowest BCUT2D eigenvalue weighted by Gasteiger charge is -2.23. The predicted molar refractivity (Wildman–Crippen MR) is 78.4 cm³/mol. The summed E-state index contributed by atoms with van der Waals surface area (Å²) in [5.74, 6) is 2.50. The van der Waals surface area contributed by atoms with Crippen LogP contribution in [0.2, 0.25) is 0 Å². The maximum absolute atomic E-state index is 5.96. The Kier molecular flexibility index (Phi) is 4.87. The van der Waals surface area contributed by atoms with Gasteiger partial charge < -0.3 is 4.90 Å². The largest absolute Gasteiger partial charge is 0.359 e. The third kappa shape index (κ3) is 3.38. The lowest BCUT2D eigenvalue weighted by atomic mass is 10.1. The molecular formula is C15H23ClN2. The number of alkyl halides is 1. The number of pyridine rings is 1. The zero-order chi connectivity index (χ0) is 13.0. The fourth-order valence-electron chi connectivity index (χ4n) is 2.76. The number of nitrogens with zero attached hydrogens (tertiary/aromatic N) is 2. The molecule has 0 bridgehead atoms. The first-order valence-electron chi connectivity index (χ1n) is 7.00. The van der Waals surface area contributed by atoms with Crippen molar-refractivity contribution in [3.8, 4) is 0 Å². The van der Waals surface area contributed by atoms with Crippen LogP contribution in [0.1, 0.15) is 43.9 Å². The van der Waals surface area contributed by atoms with E-state index in [4.69, 9.17) is 16.6 Å². The van der Waals surface area contributed by atoms with E-state index in [2.05, 4.69) is 31.0 Å². The molecule has 18 heavy (non-hydrogen) atoms. The van der Waals surface area contributed by atoms with Crippen molar-refractivity contribution in [2.24, 2.45) is 5.92 Å². The molecule has 1 saturated carbocycles. The molecule has 2 rings (SSSR count). The van der Waals surface area contributed by atoms with E-state index in [-0.39, 0.29) is 0 Å². The summed E-state index contributed by atoms with van der Waals surface area (Å²) in [7, 11) is 2.15. The molecule has 1 aliphatic rings. The monoisotopic (exact) mass is 266 g/mol. The second-order valence-corrected chi connectivity index (χ2v) is 5.61. The maximum atomic E-state index is 5.96. The summed E-state index contributed by atoms with van der Waals surface area (Å²) < 4.78 is 0. The molecule has 1 aromatic heterocycles. The molecule has 0 amide bonds. The first-order valence-corrected chi connectivity index (χ1v) is 7.53. The number of rotatable bonds is 5. The number of aromatic nitrogens is 1. The van der Waals surface area contributed by atoms with Crippen LogP contribution >= 0.6 is 11.6 Å². The van der Waals surface area contributed by atoms with Gasteiger partial charge in [0.1, 0.15) is 5.82 Å². The van der Waals surface area contributed by atoms with E-state index in [9.17, 15) is 0 Å². The molecule has 0 spiro atoms. The molecular weight excluding hydrogens is 244 g/mol. The zero-order valence-corrected chi connectivity index (χ0v) is 12.2. The van der Waals surface area contributed by atoms with Crippen molar-refractivity contribution < 1.29 is 0 Å². The molecule has 0 radical (unpaired) electrons. The van der Waals surface area contributed by atoms with E-state index in [1.165, 1.54) is 31.2 Å². The smallest absolute Gasteiger partial charge is 0.128 e. The van der Waals surface area contributed by atoms with Gasteiger partial charge in [-0.05, 0) is 42.9 Å². The highest BCUT2D eigenvalue weighted by atomic mass is 35.5. The zero-order valence-electron chi connectivity index (χ0n) is 11.5. The second kappa shape index (κ2) is 6.42. The Balaban J connectivity index is 2.09. The Morgan fingerprint density at radius 3 is 2.67 bits per heavy atom. The third-order valence-corrected chi connectivity index (χ3v) is 4.15. The van der Waals surface area contributed by atoms with Gasteiger partial charge in [-0.1, -0.05) is 19.8 Å². The van der Waals surface area contributed by atoms with Crippen LogP contribution in [0.4, 0.5) is 5.82 Å². The first-order chi connectivity index (χ1) is 8.72. The highest BCUT2D eigenvalue weighted by Crippen LogP contribution is 2.26. The molecule has 1 heterocycles. The van der Waals surface area contributed by atoms with E-state index in [0.29, 0.717) is 5.88 Å². The number of aryl methyl sites for hydroxylation is 1. The van der Waals surface area contributed by atoms with E-state index in [1.807, 2.05) is 0 Å². The molecule has 0 aliphatic heterocycles. The van der Waals surface area contributed by atoms with Gasteiger partial charge in [0.25, 0.3) is 0 Å². The van der Waals surface area contributed by atoms with E-state index < -0.39 is 0 Å². The van der Waals surface area contributed by atoms with Gasteiger partial charge in [0.15, 0.2) is 0 Å². The molecule has 0 atom stereocenters. The number of halogens is 1. The average molecular weight is 267 g/mol. The van der Waals surface area contributed by atoms with Crippen LogP contribution < -0.4 is 4.90 Å². The molecule has 1 aliphatic carbocycles. The SMILES string of the molecule is CCc1cc(CCl)cc(N(C)CC2CCCC2)n1. The van der Waals surface area contributed by atoms with Crippen LogP contribution in [-0.4, -0.2) is 18.6 Å². The predicted octanol–water partition coefficient (Wildman–Crippen LogP) is 4.01. The molecule has 100 valence electrons. The molecule has 3 heteroatoms. The van der Waals surface area contributed by atoms with Gasteiger partial charge in [0.05, 0.1) is 0 Å². The van der Waals surface area contributed by atoms with Crippen LogP contribution in [0.15, 0.2) is 12.1 Å². The van der Waals surface area contributed by atoms with E-state index >= 15 is 0 Å². The van der Waals surface area contributed by atoms with Crippen LogP contribution in [0.25, 0.3) is 0 Å². The highest BCUT2D eigenvalue weighted by Gasteiger charge is 2.17.